The van der Waals surface area contributed by atoms with Crippen molar-refractivity contribution in [3.63, 3.8) is 0 Å². The maximum atomic E-state index is 5.44. The van der Waals surface area contributed by atoms with Crippen molar-refractivity contribution in [1.82, 2.24) is 4.98 Å². The van der Waals surface area contributed by atoms with Crippen LogP contribution in [-0.4, -0.2) is 16.6 Å². The van der Waals surface area contributed by atoms with Gasteiger partial charge in [-0.1, -0.05) is 25.6 Å². The maximum Gasteiger partial charge on any atom is 0.213 e. The van der Waals surface area contributed by atoms with Crippen LogP contribution in [0.5, 0.6) is 5.88 Å². The Hall–Kier alpha value is -1.16. The molecule has 0 spiro atoms. The van der Waals surface area contributed by atoms with Crippen LogP contribution in [0.1, 0.15) is 25.3 Å². The highest BCUT2D eigenvalue weighted by Crippen LogP contribution is 2.07. The molecule has 2 N–H and O–H groups in total. The van der Waals surface area contributed by atoms with Crippen molar-refractivity contribution >= 4 is 17.2 Å². The molecule has 0 saturated heterocycles. The van der Waals surface area contributed by atoms with Gasteiger partial charge in [-0.05, 0) is 12.5 Å². The Balaban J connectivity index is 2.51. The van der Waals surface area contributed by atoms with Gasteiger partial charge in [0.05, 0.1) is 6.61 Å². The molecule has 0 aromatic carbocycles. The third kappa shape index (κ3) is 3.30. The molecule has 0 bridgehead atoms. The Kier molecular flexibility index (Phi) is 4.32. The Morgan fingerprint density at radius 1 is 1.57 bits per heavy atom. The molecular formula is C10H14N2OS. The number of unbranched alkanes of at least 4 members (excludes halogenated alkanes) is 1. The van der Waals surface area contributed by atoms with E-state index < -0.39 is 0 Å². The molecule has 0 aliphatic rings. The van der Waals surface area contributed by atoms with E-state index in [1.807, 2.05) is 6.07 Å². The van der Waals surface area contributed by atoms with Gasteiger partial charge < -0.3 is 10.5 Å². The maximum absolute atomic E-state index is 5.44. The average Bonchev–Trinajstić information content (AvgIpc) is 2.19. The highest BCUT2D eigenvalue weighted by molar-refractivity contribution is 7.80. The van der Waals surface area contributed by atoms with Gasteiger partial charge in [-0.25, -0.2) is 4.98 Å². The molecule has 76 valence electrons. The number of nitrogens with zero attached hydrogens (tertiary/aromatic N) is 1. The van der Waals surface area contributed by atoms with E-state index in [1.54, 1.807) is 12.3 Å². The second kappa shape index (κ2) is 5.54. The number of thiocarbonyl (C=S) groups is 1. The first-order chi connectivity index (χ1) is 6.74. The fraction of sp³-hybridized carbons (Fsp3) is 0.400. The number of ether oxygens (including phenoxy) is 1. The minimum absolute atomic E-state index is 0.359. The SMILES string of the molecule is CCCCOc1ccc(C(N)=S)cn1. The summed E-state index contributed by atoms with van der Waals surface area (Å²) < 4.78 is 5.39. The van der Waals surface area contributed by atoms with Crippen LogP contribution < -0.4 is 10.5 Å². The van der Waals surface area contributed by atoms with Gasteiger partial charge in [0.15, 0.2) is 0 Å². The smallest absolute Gasteiger partial charge is 0.213 e. The summed E-state index contributed by atoms with van der Waals surface area (Å²) in [6, 6.07) is 3.60. The van der Waals surface area contributed by atoms with Gasteiger partial charge in [-0.15, -0.1) is 0 Å². The molecule has 0 unspecified atom stereocenters. The first-order valence-corrected chi connectivity index (χ1v) is 5.03. The molecule has 0 radical (unpaired) electrons. The van der Waals surface area contributed by atoms with Gasteiger partial charge in [0, 0.05) is 17.8 Å². The van der Waals surface area contributed by atoms with Crippen LogP contribution in [0.4, 0.5) is 0 Å². The number of rotatable bonds is 5. The van der Waals surface area contributed by atoms with Crippen LogP contribution in [0, 0.1) is 0 Å². The zero-order valence-corrected chi connectivity index (χ0v) is 9.01. The number of pyridine rings is 1. The van der Waals surface area contributed by atoms with E-state index in [9.17, 15) is 0 Å². The topological polar surface area (TPSA) is 48.1 Å². The molecule has 0 amide bonds. The molecule has 1 aromatic heterocycles. The summed E-state index contributed by atoms with van der Waals surface area (Å²) >= 11 is 4.81. The van der Waals surface area contributed by atoms with Crippen molar-refractivity contribution in [2.45, 2.75) is 19.8 Å². The van der Waals surface area contributed by atoms with Crippen molar-refractivity contribution in [1.29, 1.82) is 0 Å². The summed E-state index contributed by atoms with van der Waals surface area (Å²) in [4.78, 5) is 4.44. The molecular weight excluding hydrogens is 196 g/mol. The van der Waals surface area contributed by atoms with E-state index in [4.69, 9.17) is 22.7 Å². The molecule has 0 fully saturated rings. The summed E-state index contributed by atoms with van der Waals surface area (Å²) in [6.45, 7) is 2.82. The second-order valence-electron chi connectivity index (χ2n) is 2.95. The minimum atomic E-state index is 0.359. The van der Waals surface area contributed by atoms with E-state index in [1.165, 1.54) is 0 Å². The van der Waals surface area contributed by atoms with Crippen LogP contribution in [0.15, 0.2) is 18.3 Å². The second-order valence-corrected chi connectivity index (χ2v) is 3.39. The first kappa shape index (κ1) is 10.9. The Labute approximate surface area is 89.3 Å². The van der Waals surface area contributed by atoms with Crippen molar-refractivity contribution in [2.75, 3.05) is 6.61 Å². The number of hydrogen-bond acceptors (Lipinski definition) is 3. The monoisotopic (exact) mass is 210 g/mol. The molecule has 0 aliphatic carbocycles. The molecule has 1 heterocycles. The number of aromatic nitrogens is 1. The quantitative estimate of drug-likeness (QED) is 0.595. The van der Waals surface area contributed by atoms with Gasteiger partial charge in [-0.3, -0.25) is 0 Å². The molecule has 0 saturated carbocycles. The highest BCUT2D eigenvalue weighted by Gasteiger charge is 1.98. The summed E-state index contributed by atoms with van der Waals surface area (Å²) in [5.41, 5.74) is 6.20. The van der Waals surface area contributed by atoms with Crippen molar-refractivity contribution in [3.8, 4) is 5.88 Å². The molecule has 0 aliphatic heterocycles. The third-order valence-electron chi connectivity index (χ3n) is 1.77. The van der Waals surface area contributed by atoms with Gasteiger partial charge in [0.2, 0.25) is 5.88 Å². The summed E-state index contributed by atoms with van der Waals surface area (Å²) in [5.74, 6) is 0.624. The Morgan fingerprint density at radius 3 is 2.86 bits per heavy atom. The standard InChI is InChI=1S/C10H14N2OS/c1-2-3-6-13-9-5-4-8(7-12-9)10(11)14/h4-5,7H,2-3,6H2,1H3,(H2,11,14). The lowest BCUT2D eigenvalue weighted by Crippen LogP contribution is -2.09. The van der Waals surface area contributed by atoms with Gasteiger partial charge in [0.25, 0.3) is 0 Å². The lowest BCUT2D eigenvalue weighted by molar-refractivity contribution is 0.298. The van der Waals surface area contributed by atoms with Gasteiger partial charge in [0.1, 0.15) is 4.99 Å². The fourth-order valence-corrected chi connectivity index (χ4v) is 1.05. The van der Waals surface area contributed by atoms with Crippen LogP contribution in [0.3, 0.4) is 0 Å². The third-order valence-corrected chi connectivity index (χ3v) is 2.00. The molecule has 14 heavy (non-hydrogen) atoms. The van der Waals surface area contributed by atoms with Crippen LogP contribution in [0.2, 0.25) is 0 Å². The normalized spacial score (nSPS) is 9.79. The van der Waals surface area contributed by atoms with E-state index in [2.05, 4.69) is 11.9 Å². The molecule has 1 aromatic rings. The summed E-state index contributed by atoms with van der Waals surface area (Å²) in [7, 11) is 0. The van der Waals surface area contributed by atoms with Crippen LogP contribution in [-0.2, 0) is 0 Å². The van der Waals surface area contributed by atoms with Gasteiger partial charge in [-0.2, -0.15) is 0 Å². The van der Waals surface area contributed by atoms with Crippen molar-refractivity contribution < 1.29 is 4.74 Å². The first-order valence-electron chi connectivity index (χ1n) is 4.62. The van der Waals surface area contributed by atoms with Gasteiger partial charge >= 0.3 is 0 Å². The van der Waals surface area contributed by atoms with E-state index >= 15 is 0 Å². The zero-order chi connectivity index (χ0) is 10.4. The number of nitrogens with two attached hydrogens (primary N) is 1. The van der Waals surface area contributed by atoms with Crippen molar-refractivity contribution in [3.05, 3.63) is 23.9 Å². The molecule has 0 atom stereocenters. The average molecular weight is 210 g/mol. The summed E-state index contributed by atoms with van der Waals surface area (Å²) in [6.07, 6.45) is 3.79. The molecule has 4 heteroatoms. The van der Waals surface area contributed by atoms with E-state index in [-0.39, 0.29) is 0 Å². The van der Waals surface area contributed by atoms with Crippen LogP contribution in [0.25, 0.3) is 0 Å². The Bertz CT molecular complexity index is 297. The Morgan fingerprint density at radius 2 is 2.36 bits per heavy atom. The van der Waals surface area contributed by atoms with Crippen molar-refractivity contribution in [2.24, 2.45) is 5.73 Å². The van der Waals surface area contributed by atoms with Crippen LogP contribution >= 0.6 is 12.2 Å². The predicted molar refractivity (Wildman–Crippen MR) is 60.5 cm³/mol. The molecule has 1 rings (SSSR count). The summed E-state index contributed by atoms with van der Waals surface area (Å²) in [5, 5.41) is 0. The minimum Gasteiger partial charge on any atom is -0.478 e. The highest BCUT2D eigenvalue weighted by atomic mass is 32.1. The fourth-order valence-electron chi connectivity index (χ4n) is 0.933. The lowest BCUT2D eigenvalue weighted by Gasteiger charge is -2.04. The number of hydrogen-bond donors (Lipinski definition) is 1. The largest absolute Gasteiger partial charge is 0.478 e. The zero-order valence-electron chi connectivity index (χ0n) is 8.19. The van der Waals surface area contributed by atoms with E-state index in [0.717, 1.165) is 18.4 Å². The van der Waals surface area contributed by atoms with E-state index in [0.29, 0.717) is 17.5 Å². The predicted octanol–water partition coefficient (Wildman–Crippen LogP) is 1.89. The lowest BCUT2D eigenvalue weighted by atomic mass is 10.3. The molecule has 3 nitrogen and oxygen atoms in total.